The number of halogens is 3. The van der Waals surface area contributed by atoms with Gasteiger partial charge in [0, 0.05) is 18.6 Å². The normalized spacial score (nSPS) is 13.1. The third-order valence-corrected chi connectivity index (χ3v) is 7.35. The number of urea groups is 1. The third kappa shape index (κ3) is 9.55. The summed E-state index contributed by atoms with van der Waals surface area (Å²) in [5.74, 6) is -0.654. The predicted molar refractivity (Wildman–Crippen MR) is 143 cm³/mol. The van der Waals surface area contributed by atoms with Gasteiger partial charge in [-0.2, -0.15) is 0 Å². The van der Waals surface area contributed by atoms with E-state index in [0.29, 0.717) is 16.1 Å². The number of aliphatic hydroxyl groups excluding tert-OH is 1. The van der Waals surface area contributed by atoms with Crippen molar-refractivity contribution < 1.29 is 42.7 Å². The molecule has 39 heavy (non-hydrogen) atoms. The number of likely N-dealkylation sites (N-methyl/N-ethyl adjacent to an activating group) is 1. The van der Waals surface area contributed by atoms with Crippen molar-refractivity contribution >= 4 is 69.8 Å². The summed E-state index contributed by atoms with van der Waals surface area (Å²) in [7, 11) is -3.50. The lowest BCUT2D eigenvalue weighted by Crippen LogP contribution is -2.47. The van der Waals surface area contributed by atoms with Crippen LogP contribution in [0.15, 0.2) is 36.4 Å². The standard InChI is InChI=1S/C22H24Cl2FN4O8PS/c1-29(21(31)26-9-12-3-2-4-16(25)19(12)24)14(8-15(30)11-37-38(33,34)35)10-36-22(32)28-20-27-17-6-5-13(23)7-18(17)39-20/h2-7,14-15,30H,8-11H2,1H3,(H,26,31)(H,27,28,32)(H2,33,34,35)/t14-,15+/m0/s1. The number of nitrogens with zero attached hydrogens (tertiary/aromatic N) is 2. The molecule has 17 heteroatoms. The number of rotatable bonds is 11. The molecular weight excluding hydrogens is 601 g/mol. The minimum Gasteiger partial charge on any atom is -0.447 e. The van der Waals surface area contributed by atoms with Crippen molar-refractivity contribution in [1.29, 1.82) is 0 Å². The lowest BCUT2D eigenvalue weighted by molar-refractivity contribution is 0.0452. The number of hydrogen-bond donors (Lipinski definition) is 5. The van der Waals surface area contributed by atoms with Crippen molar-refractivity contribution in [2.75, 3.05) is 25.6 Å². The molecule has 3 amide bonds. The first-order valence-electron chi connectivity index (χ1n) is 11.1. The number of fused-ring (bicyclic) bond motifs is 1. The molecule has 0 radical (unpaired) electrons. The molecule has 3 aromatic rings. The quantitative estimate of drug-likeness (QED) is 0.194. The number of nitrogens with one attached hydrogen (secondary N) is 2. The van der Waals surface area contributed by atoms with Gasteiger partial charge >= 0.3 is 19.9 Å². The van der Waals surface area contributed by atoms with Gasteiger partial charge in [-0.25, -0.2) is 23.5 Å². The number of aromatic nitrogens is 1. The molecule has 1 aromatic heterocycles. The van der Waals surface area contributed by atoms with Crippen LogP contribution in [0.5, 0.6) is 0 Å². The summed E-state index contributed by atoms with van der Waals surface area (Å²) in [4.78, 5) is 48.3. The Hall–Kier alpha value is -2.55. The Labute approximate surface area is 235 Å². The first-order valence-corrected chi connectivity index (χ1v) is 14.2. The number of thiazole rings is 1. The summed E-state index contributed by atoms with van der Waals surface area (Å²) in [6.45, 7) is -1.28. The number of hydrogen-bond acceptors (Lipinski definition) is 8. The smallest absolute Gasteiger partial charge is 0.447 e. The fourth-order valence-corrected chi connectivity index (χ4v) is 4.98. The monoisotopic (exact) mass is 624 g/mol. The fourth-order valence-electron chi connectivity index (χ4n) is 3.30. The number of phosphoric acid groups is 1. The zero-order valence-corrected chi connectivity index (χ0v) is 23.4. The van der Waals surface area contributed by atoms with E-state index in [4.69, 9.17) is 37.7 Å². The summed E-state index contributed by atoms with van der Waals surface area (Å²) in [6.07, 6.45) is -2.61. The highest BCUT2D eigenvalue weighted by Crippen LogP contribution is 2.36. The molecule has 3 rings (SSSR count). The highest BCUT2D eigenvalue weighted by Gasteiger charge is 2.27. The minimum absolute atomic E-state index is 0.126. The number of anilines is 1. The van der Waals surface area contributed by atoms with Crippen LogP contribution in [-0.2, 0) is 20.4 Å². The van der Waals surface area contributed by atoms with Gasteiger partial charge in [0.15, 0.2) is 5.13 Å². The number of ether oxygens (including phenoxy) is 1. The van der Waals surface area contributed by atoms with Crippen LogP contribution in [0, 0.1) is 5.82 Å². The predicted octanol–water partition coefficient (Wildman–Crippen LogP) is 4.36. The Kier molecular flexibility index (Phi) is 10.9. The van der Waals surface area contributed by atoms with Gasteiger partial charge in [0.05, 0.1) is 34.0 Å². The molecule has 12 nitrogen and oxygen atoms in total. The van der Waals surface area contributed by atoms with Crippen LogP contribution >= 0.6 is 42.4 Å². The summed E-state index contributed by atoms with van der Waals surface area (Å²) < 4.78 is 34.9. The van der Waals surface area contributed by atoms with Gasteiger partial charge in [0.2, 0.25) is 0 Å². The molecule has 0 spiro atoms. The largest absolute Gasteiger partial charge is 0.469 e. The van der Waals surface area contributed by atoms with Crippen LogP contribution in [0.25, 0.3) is 10.2 Å². The Morgan fingerprint density at radius 2 is 1.97 bits per heavy atom. The van der Waals surface area contributed by atoms with Crippen LogP contribution in [0.4, 0.5) is 19.1 Å². The molecule has 1 heterocycles. The number of carbonyl (C=O) groups excluding carboxylic acids is 2. The van der Waals surface area contributed by atoms with Gasteiger partial charge < -0.3 is 29.8 Å². The molecule has 0 saturated carbocycles. The maximum absolute atomic E-state index is 13.7. The van der Waals surface area contributed by atoms with E-state index in [1.165, 1.54) is 25.2 Å². The Morgan fingerprint density at radius 3 is 2.69 bits per heavy atom. The van der Waals surface area contributed by atoms with E-state index in [0.717, 1.165) is 20.9 Å². The van der Waals surface area contributed by atoms with E-state index < -0.39 is 51.1 Å². The van der Waals surface area contributed by atoms with Gasteiger partial charge in [-0.15, -0.1) is 0 Å². The third-order valence-electron chi connectivity index (χ3n) is 5.28. The molecule has 2 atom stereocenters. The second kappa shape index (κ2) is 13.7. The summed E-state index contributed by atoms with van der Waals surface area (Å²) >= 11 is 13.0. The lowest BCUT2D eigenvalue weighted by atomic mass is 10.1. The number of amides is 3. The summed E-state index contributed by atoms with van der Waals surface area (Å²) in [6, 6.07) is 7.50. The molecule has 0 aliphatic heterocycles. The van der Waals surface area contributed by atoms with Gasteiger partial charge in [0.1, 0.15) is 12.4 Å². The van der Waals surface area contributed by atoms with Gasteiger partial charge in [0.25, 0.3) is 0 Å². The first-order chi connectivity index (χ1) is 18.3. The Morgan fingerprint density at radius 1 is 1.23 bits per heavy atom. The molecule has 2 aromatic carbocycles. The van der Waals surface area contributed by atoms with Crippen LogP contribution in [0.2, 0.25) is 10.0 Å². The molecule has 0 bridgehead atoms. The average Bonchev–Trinajstić information content (AvgIpc) is 3.26. The van der Waals surface area contributed by atoms with E-state index in [-0.39, 0.29) is 23.1 Å². The maximum Gasteiger partial charge on any atom is 0.469 e. The first kappa shape index (κ1) is 31.0. The molecule has 0 saturated heterocycles. The van der Waals surface area contributed by atoms with E-state index in [2.05, 4.69) is 20.1 Å². The molecule has 5 N–H and O–H groups in total. The molecule has 0 aliphatic rings. The highest BCUT2D eigenvalue weighted by molar-refractivity contribution is 7.46. The van der Waals surface area contributed by atoms with Crippen molar-refractivity contribution in [3.63, 3.8) is 0 Å². The molecular formula is C22H24Cl2FN4O8PS. The number of carbonyl (C=O) groups is 2. The lowest BCUT2D eigenvalue weighted by Gasteiger charge is -2.29. The van der Waals surface area contributed by atoms with Crippen molar-refractivity contribution in [3.8, 4) is 0 Å². The van der Waals surface area contributed by atoms with Gasteiger partial charge in [-0.1, -0.05) is 46.7 Å². The Bertz CT molecular complexity index is 1380. The summed E-state index contributed by atoms with van der Waals surface area (Å²) in [5.41, 5.74) is 0.929. The van der Waals surface area contributed by atoms with E-state index in [1.54, 1.807) is 18.2 Å². The second-order valence-corrected chi connectivity index (χ2v) is 11.3. The molecule has 0 unspecified atom stereocenters. The number of phosphoric ester groups is 1. The van der Waals surface area contributed by atoms with Crippen molar-refractivity contribution in [2.24, 2.45) is 0 Å². The molecule has 0 fully saturated rings. The van der Waals surface area contributed by atoms with E-state index >= 15 is 0 Å². The average molecular weight is 625 g/mol. The van der Waals surface area contributed by atoms with Crippen molar-refractivity contribution in [2.45, 2.75) is 25.1 Å². The fraction of sp³-hybridized carbons (Fsp3) is 0.318. The van der Waals surface area contributed by atoms with E-state index in [9.17, 15) is 23.7 Å². The van der Waals surface area contributed by atoms with Crippen LogP contribution < -0.4 is 10.6 Å². The minimum atomic E-state index is -4.85. The zero-order chi connectivity index (χ0) is 28.7. The second-order valence-electron chi connectivity index (χ2n) is 8.17. The van der Waals surface area contributed by atoms with Gasteiger partial charge in [-0.3, -0.25) is 9.84 Å². The van der Waals surface area contributed by atoms with Crippen LogP contribution in [-0.4, -0.2) is 69.3 Å². The topological polar surface area (TPSA) is 171 Å². The number of benzene rings is 2. The maximum atomic E-state index is 13.7. The SMILES string of the molecule is CN(C(=O)NCc1cccc(F)c1Cl)[C@H](COC(=O)Nc1nc2ccc(Cl)cc2s1)C[C@@H](O)COP(=O)(O)O. The summed E-state index contributed by atoms with van der Waals surface area (Å²) in [5, 5.41) is 15.8. The molecule has 212 valence electrons. The molecule has 0 aliphatic carbocycles. The van der Waals surface area contributed by atoms with Crippen molar-refractivity contribution in [1.82, 2.24) is 15.2 Å². The van der Waals surface area contributed by atoms with E-state index in [1.807, 2.05) is 0 Å². The highest BCUT2D eigenvalue weighted by atomic mass is 35.5. The zero-order valence-electron chi connectivity index (χ0n) is 20.2. The van der Waals surface area contributed by atoms with Crippen molar-refractivity contribution in [3.05, 3.63) is 57.8 Å². The number of aliphatic hydroxyl groups is 1. The van der Waals surface area contributed by atoms with Crippen LogP contribution in [0.3, 0.4) is 0 Å². The Balaban J connectivity index is 1.64. The van der Waals surface area contributed by atoms with Gasteiger partial charge in [-0.05, 0) is 36.2 Å². The van der Waals surface area contributed by atoms with Crippen LogP contribution in [0.1, 0.15) is 12.0 Å².